The molecule has 0 radical (unpaired) electrons. The van der Waals surface area contributed by atoms with Crippen LogP contribution in [-0.2, 0) is 0 Å². The summed E-state index contributed by atoms with van der Waals surface area (Å²) in [6.07, 6.45) is 1.35. The molecular formula is C11H9ClN4O. The molecule has 0 saturated heterocycles. The third-order valence-corrected chi connectivity index (χ3v) is 2.87. The number of nitrogens with one attached hydrogen (secondary N) is 3. The summed E-state index contributed by atoms with van der Waals surface area (Å²) < 4.78 is 0. The van der Waals surface area contributed by atoms with E-state index in [1.54, 1.807) is 30.5 Å². The number of nitrogens with zero attached hydrogens (tertiary/aromatic N) is 1. The van der Waals surface area contributed by atoms with Crippen molar-refractivity contribution in [2.24, 2.45) is 0 Å². The van der Waals surface area contributed by atoms with Crippen LogP contribution in [0.15, 0.2) is 30.5 Å². The van der Waals surface area contributed by atoms with Crippen molar-refractivity contribution in [3.05, 3.63) is 46.7 Å². The first-order valence-corrected chi connectivity index (χ1v) is 5.48. The van der Waals surface area contributed by atoms with Gasteiger partial charge in [-0.3, -0.25) is 9.89 Å². The SMILES string of the molecule is O=C1N[C@@H](c2ccn[nH]2)Nc2ccc(Cl)cc21. The summed E-state index contributed by atoms with van der Waals surface area (Å²) in [5, 5.41) is 13.2. The summed E-state index contributed by atoms with van der Waals surface area (Å²) in [4.78, 5) is 11.9. The van der Waals surface area contributed by atoms with Crippen molar-refractivity contribution in [3.63, 3.8) is 0 Å². The molecule has 2 heterocycles. The molecule has 1 aromatic heterocycles. The first kappa shape index (κ1) is 10.2. The summed E-state index contributed by atoms with van der Waals surface area (Å²) in [6.45, 7) is 0. The van der Waals surface area contributed by atoms with Crippen LogP contribution in [0.3, 0.4) is 0 Å². The second kappa shape index (κ2) is 3.78. The Balaban J connectivity index is 1.99. The van der Waals surface area contributed by atoms with E-state index in [0.29, 0.717) is 10.6 Å². The van der Waals surface area contributed by atoms with Gasteiger partial charge in [0.2, 0.25) is 0 Å². The third-order valence-electron chi connectivity index (χ3n) is 2.63. The highest BCUT2D eigenvalue weighted by atomic mass is 35.5. The van der Waals surface area contributed by atoms with E-state index in [2.05, 4.69) is 20.8 Å². The molecule has 0 unspecified atom stereocenters. The van der Waals surface area contributed by atoms with Gasteiger partial charge in [0.1, 0.15) is 6.17 Å². The summed E-state index contributed by atoms with van der Waals surface area (Å²) in [7, 11) is 0. The molecule has 1 amide bonds. The first-order chi connectivity index (χ1) is 8.24. The summed E-state index contributed by atoms with van der Waals surface area (Å²) in [5.74, 6) is -0.152. The fraction of sp³-hybridized carbons (Fsp3) is 0.0909. The molecule has 0 spiro atoms. The number of aromatic nitrogens is 2. The monoisotopic (exact) mass is 248 g/mol. The number of amides is 1. The Hall–Kier alpha value is -2.01. The molecule has 1 atom stereocenters. The lowest BCUT2D eigenvalue weighted by atomic mass is 10.1. The number of halogens is 1. The van der Waals surface area contributed by atoms with Crippen LogP contribution < -0.4 is 10.6 Å². The number of benzene rings is 1. The molecule has 17 heavy (non-hydrogen) atoms. The minimum atomic E-state index is -0.293. The summed E-state index contributed by atoms with van der Waals surface area (Å²) >= 11 is 5.85. The Morgan fingerprint density at radius 2 is 2.12 bits per heavy atom. The van der Waals surface area contributed by atoms with Crippen molar-refractivity contribution >= 4 is 23.2 Å². The second-order valence-electron chi connectivity index (χ2n) is 3.75. The van der Waals surface area contributed by atoms with Crippen LogP contribution in [0.25, 0.3) is 0 Å². The fourth-order valence-corrected chi connectivity index (χ4v) is 1.99. The maximum atomic E-state index is 11.9. The minimum Gasteiger partial charge on any atom is -0.360 e. The highest BCUT2D eigenvalue weighted by Gasteiger charge is 2.25. The van der Waals surface area contributed by atoms with Crippen molar-refractivity contribution in [3.8, 4) is 0 Å². The van der Waals surface area contributed by atoms with Gasteiger partial charge in [0.25, 0.3) is 5.91 Å². The van der Waals surface area contributed by atoms with E-state index >= 15 is 0 Å². The van der Waals surface area contributed by atoms with Gasteiger partial charge >= 0.3 is 0 Å². The van der Waals surface area contributed by atoms with Gasteiger partial charge in [-0.05, 0) is 24.3 Å². The van der Waals surface area contributed by atoms with Gasteiger partial charge in [0.05, 0.1) is 11.3 Å². The highest BCUT2D eigenvalue weighted by molar-refractivity contribution is 6.31. The first-order valence-electron chi connectivity index (χ1n) is 5.10. The molecule has 1 aliphatic rings. The van der Waals surface area contributed by atoms with Crippen molar-refractivity contribution in [2.75, 3.05) is 5.32 Å². The lowest BCUT2D eigenvalue weighted by molar-refractivity contribution is 0.0935. The van der Waals surface area contributed by atoms with Crippen LogP contribution in [-0.4, -0.2) is 16.1 Å². The average Bonchev–Trinajstić information content (AvgIpc) is 2.83. The lowest BCUT2D eigenvalue weighted by Gasteiger charge is -2.26. The number of carbonyl (C=O) groups is 1. The third kappa shape index (κ3) is 1.74. The molecule has 5 nitrogen and oxygen atoms in total. The van der Waals surface area contributed by atoms with Crippen LogP contribution in [0.1, 0.15) is 22.2 Å². The molecule has 3 N–H and O–H groups in total. The van der Waals surface area contributed by atoms with E-state index in [1.807, 2.05) is 0 Å². The molecule has 2 aromatic rings. The second-order valence-corrected chi connectivity index (χ2v) is 4.19. The molecule has 3 rings (SSSR count). The molecular weight excluding hydrogens is 240 g/mol. The van der Waals surface area contributed by atoms with E-state index in [9.17, 15) is 4.79 Å². The van der Waals surface area contributed by atoms with E-state index in [-0.39, 0.29) is 12.1 Å². The van der Waals surface area contributed by atoms with E-state index in [1.165, 1.54) is 0 Å². The van der Waals surface area contributed by atoms with Gasteiger partial charge in [-0.1, -0.05) is 11.6 Å². The normalized spacial score (nSPS) is 18.2. The standard InChI is InChI=1S/C11H9ClN4O/c12-6-1-2-8-7(5-6)11(17)15-10(14-8)9-3-4-13-16-9/h1-5,10,14H,(H,13,16)(H,15,17)/t10-/m0/s1. The summed E-state index contributed by atoms with van der Waals surface area (Å²) in [5.41, 5.74) is 2.12. The van der Waals surface area contributed by atoms with Crippen LogP contribution in [0.2, 0.25) is 5.02 Å². The van der Waals surface area contributed by atoms with Gasteiger partial charge in [-0.25, -0.2) is 0 Å². The highest BCUT2D eigenvalue weighted by Crippen LogP contribution is 2.27. The maximum Gasteiger partial charge on any atom is 0.255 e. The van der Waals surface area contributed by atoms with Gasteiger partial charge in [0.15, 0.2) is 0 Å². The van der Waals surface area contributed by atoms with Gasteiger partial charge < -0.3 is 10.6 Å². The van der Waals surface area contributed by atoms with Crippen LogP contribution in [0, 0.1) is 0 Å². The molecule has 86 valence electrons. The Bertz CT molecular complexity index is 567. The number of hydrogen-bond acceptors (Lipinski definition) is 3. The van der Waals surface area contributed by atoms with Crippen LogP contribution in [0.4, 0.5) is 5.69 Å². The number of aromatic amines is 1. The Morgan fingerprint density at radius 1 is 1.24 bits per heavy atom. The van der Waals surface area contributed by atoms with Crippen molar-refractivity contribution in [1.82, 2.24) is 15.5 Å². The van der Waals surface area contributed by atoms with E-state index < -0.39 is 0 Å². The van der Waals surface area contributed by atoms with E-state index in [0.717, 1.165) is 11.4 Å². The Labute approximate surface area is 102 Å². The van der Waals surface area contributed by atoms with Crippen LogP contribution in [0.5, 0.6) is 0 Å². The maximum absolute atomic E-state index is 11.9. The minimum absolute atomic E-state index is 0.152. The number of H-pyrrole nitrogens is 1. The quantitative estimate of drug-likeness (QED) is 0.722. The number of hydrogen-bond donors (Lipinski definition) is 3. The number of fused-ring (bicyclic) bond motifs is 1. The number of anilines is 1. The van der Waals surface area contributed by atoms with E-state index in [4.69, 9.17) is 11.6 Å². The van der Waals surface area contributed by atoms with Crippen molar-refractivity contribution in [2.45, 2.75) is 6.17 Å². The number of carbonyl (C=O) groups excluding carboxylic acids is 1. The molecule has 6 heteroatoms. The molecule has 0 bridgehead atoms. The zero-order chi connectivity index (χ0) is 11.8. The molecule has 1 aromatic carbocycles. The Morgan fingerprint density at radius 3 is 2.88 bits per heavy atom. The van der Waals surface area contributed by atoms with Crippen LogP contribution >= 0.6 is 11.6 Å². The molecule has 1 aliphatic heterocycles. The average molecular weight is 249 g/mol. The zero-order valence-electron chi connectivity index (χ0n) is 8.70. The predicted molar refractivity (Wildman–Crippen MR) is 63.9 cm³/mol. The lowest BCUT2D eigenvalue weighted by Crippen LogP contribution is -2.38. The topological polar surface area (TPSA) is 69.8 Å². The number of rotatable bonds is 1. The molecule has 0 saturated carbocycles. The molecule has 0 fully saturated rings. The smallest absolute Gasteiger partial charge is 0.255 e. The molecule has 0 aliphatic carbocycles. The van der Waals surface area contributed by atoms with Gasteiger partial charge in [0, 0.05) is 16.9 Å². The van der Waals surface area contributed by atoms with Crippen molar-refractivity contribution < 1.29 is 4.79 Å². The Kier molecular flexibility index (Phi) is 2.26. The summed E-state index contributed by atoms with van der Waals surface area (Å²) in [6, 6.07) is 6.98. The largest absolute Gasteiger partial charge is 0.360 e. The van der Waals surface area contributed by atoms with Gasteiger partial charge in [-0.15, -0.1) is 0 Å². The van der Waals surface area contributed by atoms with Crippen molar-refractivity contribution in [1.29, 1.82) is 0 Å². The van der Waals surface area contributed by atoms with Gasteiger partial charge in [-0.2, -0.15) is 5.10 Å². The zero-order valence-corrected chi connectivity index (χ0v) is 9.45. The predicted octanol–water partition coefficient (Wildman–Crippen LogP) is 1.92. The fourth-order valence-electron chi connectivity index (χ4n) is 1.81.